The molecule has 0 radical (unpaired) electrons. The maximum absolute atomic E-state index is 6.03. The van der Waals surface area contributed by atoms with Gasteiger partial charge in [0.1, 0.15) is 5.75 Å². The molecule has 18 heavy (non-hydrogen) atoms. The molecule has 1 aromatic rings. The number of hydrogen-bond acceptors (Lipinski definition) is 2. The highest BCUT2D eigenvalue weighted by Crippen LogP contribution is 2.22. The number of aryl methyl sites for hydroxylation is 2. The molecule has 1 rings (SSSR count). The topological polar surface area (TPSA) is 35.2 Å². The van der Waals surface area contributed by atoms with Gasteiger partial charge in [-0.25, -0.2) is 0 Å². The molecule has 0 amide bonds. The van der Waals surface area contributed by atoms with E-state index in [2.05, 4.69) is 51.6 Å². The third kappa shape index (κ3) is 5.54. The Morgan fingerprint density at radius 1 is 1.17 bits per heavy atom. The summed E-state index contributed by atoms with van der Waals surface area (Å²) in [5, 5.41) is 0. The summed E-state index contributed by atoms with van der Waals surface area (Å²) >= 11 is 0. The first-order chi connectivity index (χ1) is 8.71. The van der Waals surface area contributed by atoms with E-state index in [4.69, 9.17) is 4.74 Å². The van der Waals surface area contributed by atoms with Crippen molar-refractivity contribution in [3.8, 4) is 5.75 Å². The molecule has 0 aliphatic rings. The fraction of sp³-hybridized carbons (Fsp3) is 0.625. The van der Waals surface area contributed by atoms with Crippen LogP contribution in [0, 0.1) is 6.92 Å². The van der Waals surface area contributed by atoms with E-state index in [9.17, 15) is 0 Å². The summed E-state index contributed by atoms with van der Waals surface area (Å²) in [6.07, 6.45) is 4.88. The van der Waals surface area contributed by atoms with Gasteiger partial charge in [0.15, 0.2) is 0 Å². The van der Waals surface area contributed by atoms with Crippen molar-refractivity contribution in [1.29, 1.82) is 0 Å². The smallest absolute Gasteiger partial charge is 0.122 e. The van der Waals surface area contributed by atoms with E-state index in [0.29, 0.717) is 6.10 Å². The second-order valence-electron chi connectivity index (χ2n) is 4.39. The fourth-order valence-corrected chi connectivity index (χ4v) is 1.91. The van der Waals surface area contributed by atoms with Gasteiger partial charge in [-0.15, -0.1) is 0 Å². The lowest BCUT2D eigenvalue weighted by Crippen LogP contribution is -2.15. The van der Waals surface area contributed by atoms with Crippen molar-refractivity contribution in [2.45, 2.75) is 59.5 Å². The molecular weight excluding hydrogens is 222 g/mol. The van der Waals surface area contributed by atoms with Gasteiger partial charge in [-0.2, -0.15) is 0 Å². The molecule has 1 atom stereocenters. The van der Waals surface area contributed by atoms with Crippen LogP contribution in [0.1, 0.15) is 51.2 Å². The molecule has 2 N–H and O–H groups in total. The Labute approximate surface area is 113 Å². The molecule has 0 bridgehead atoms. The van der Waals surface area contributed by atoms with Crippen molar-refractivity contribution in [3.05, 3.63) is 29.3 Å². The molecule has 0 saturated heterocycles. The number of ether oxygens (including phenoxy) is 1. The zero-order valence-electron chi connectivity index (χ0n) is 12.6. The highest BCUT2D eigenvalue weighted by atomic mass is 16.5. The Morgan fingerprint density at radius 3 is 2.28 bits per heavy atom. The number of rotatable bonds is 6. The summed E-state index contributed by atoms with van der Waals surface area (Å²) in [7, 11) is 1.50. The quantitative estimate of drug-likeness (QED) is 0.826. The van der Waals surface area contributed by atoms with E-state index < -0.39 is 0 Å². The fourth-order valence-electron chi connectivity index (χ4n) is 1.91. The van der Waals surface area contributed by atoms with E-state index in [-0.39, 0.29) is 0 Å². The highest BCUT2D eigenvalue weighted by Gasteiger charge is 2.08. The summed E-state index contributed by atoms with van der Waals surface area (Å²) in [4.78, 5) is 0. The van der Waals surface area contributed by atoms with Crippen molar-refractivity contribution in [1.82, 2.24) is 0 Å². The van der Waals surface area contributed by atoms with Crippen molar-refractivity contribution >= 4 is 0 Å². The van der Waals surface area contributed by atoms with Crippen LogP contribution in [0.2, 0.25) is 0 Å². The molecule has 0 saturated carbocycles. The predicted octanol–water partition coefficient (Wildman–Crippen LogP) is 4.09. The zero-order valence-corrected chi connectivity index (χ0v) is 12.6. The minimum Gasteiger partial charge on any atom is -0.490 e. The molecule has 0 aliphatic heterocycles. The van der Waals surface area contributed by atoms with Gasteiger partial charge in [0, 0.05) is 0 Å². The molecule has 104 valence electrons. The van der Waals surface area contributed by atoms with E-state index in [1.807, 2.05) is 0 Å². The summed E-state index contributed by atoms with van der Waals surface area (Å²) in [6, 6.07) is 6.52. The first-order valence-corrected chi connectivity index (χ1v) is 7.05. The second kappa shape index (κ2) is 9.95. The minimum absolute atomic E-state index is 0.371. The molecule has 0 heterocycles. The summed E-state index contributed by atoms with van der Waals surface area (Å²) < 4.78 is 6.03. The highest BCUT2D eigenvalue weighted by molar-refractivity contribution is 5.36. The standard InChI is InChI=1S/C15H24O.CH5N/c1-5-8-14(7-3)16-15-10-9-13(6-2)11-12(15)4;1-2/h9-11,14H,5-8H2,1-4H3;2H2,1H3. The second-order valence-corrected chi connectivity index (χ2v) is 4.39. The third-order valence-corrected chi connectivity index (χ3v) is 3.01. The first kappa shape index (κ1) is 17.0. The van der Waals surface area contributed by atoms with Crippen molar-refractivity contribution < 1.29 is 4.74 Å². The van der Waals surface area contributed by atoms with Gasteiger partial charge in [0.2, 0.25) is 0 Å². The van der Waals surface area contributed by atoms with E-state index >= 15 is 0 Å². The third-order valence-electron chi connectivity index (χ3n) is 3.01. The normalized spacial score (nSPS) is 11.4. The van der Waals surface area contributed by atoms with Crippen molar-refractivity contribution in [3.63, 3.8) is 0 Å². The lowest BCUT2D eigenvalue weighted by Gasteiger charge is -2.18. The molecule has 0 spiro atoms. The lowest BCUT2D eigenvalue weighted by molar-refractivity contribution is 0.184. The SMILES string of the molecule is CCCC(CC)Oc1ccc(CC)cc1C.CN. The van der Waals surface area contributed by atoms with Gasteiger partial charge in [0.05, 0.1) is 6.10 Å². The first-order valence-electron chi connectivity index (χ1n) is 7.05. The Kier molecular flexibility index (Phi) is 9.39. The summed E-state index contributed by atoms with van der Waals surface area (Å²) in [5.41, 5.74) is 7.14. The number of benzene rings is 1. The van der Waals surface area contributed by atoms with Crippen LogP contribution < -0.4 is 10.5 Å². The zero-order chi connectivity index (χ0) is 14.0. The minimum atomic E-state index is 0.371. The van der Waals surface area contributed by atoms with Gasteiger partial charge in [-0.3, -0.25) is 0 Å². The number of nitrogens with two attached hydrogens (primary N) is 1. The Hall–Kier alpha value is -1.02. The van der Waals surface area contributed by atoms with Gasteiger partial charge < -0.3 is 10.5 Å². The molecule has 2 nitrogen and oxygen atoms in total. The Morgan fingerprint density at radius 2 is 1.83 bits per heavy atom. The molecule has 1 unspecified atom stereocenters. The van der Waals surface area contributed by atoms with Crippen molar-refractivity contribution in [2.75, 3.05) is 7.05 Å². The molecule has 2 heteroatoms. The van der Waals surface area contributed by atoms with Crippen molar-refractivity contribution in [2.24, 2.45) is 5.73 Å². The molecule has 0 fully saturated rings. The van der Waals surface area contributed by atoms with Crippen LogP contribution in [-0.2, 0) is 6.42 Å². The van der Waals surface area contributed by atoms with Gasteiger partial charge in [-0.1, -0.05) is 39.3 Å². The average molecular weight is 251 g/mol. The summed E-state index contributed by atoms with van der Waals surface area (Å²) in [5.74, 6) is 1.05. The van der Waals surface area contributed by atoms with Gasteiger partial charge in [0.25, 0.3) is 0 Å². The lowest BCUT2D eigenvalue weighted by atomic mass is 10.1. The maximum Gasteiger partial charge on any atom is 0.122 e. The Bertz CT molecular complexity index is 323. The van der Waals surface area contributed by atoms with Crippen LogP contribution >= 0.6 is 0 Å². The van der Waals surface area contributed by atoms with Crippen LogP contribution in [0.5, 0.6) is 5.75 Å². The van der Waals surface area contributed by atoms with Gasteiger partial charge >= 0.3 is 0 Å². The largest absolute Gasteiger partial charge is 0.490 e. The molecule has 0 aromatic heterocycles. The average Bonchev–Trinajstić information content (AvgIpc) is 2.42. The van der Waals surface area contributed by atoms with E-state index in [0.717, 1.165) is 25.0 Å². The van der Waals surface area contributed by atoms with Crippen LogP contribution in [0.25, 0.3) is 0 Å². The van der Waals surface area contributed by atoms with Crippen LogP contribution in [0.4, 0.5) is 0 Å². The van der Waals surface area contributed by atoms with Crippen LogP contribution in [0.15, 0.2) is 18.2 Å². The van der Waals surface area contributed by atoms with Gasteiger partial charge in [-0.05, 0) is 50.4 Å². The molecule has 1 aromatic carbocycles. The summed E-state index contributed by atoms with van der Waals surface area (Å²) in [6.45, 7) is 8.71. The molecular formula is C16H29NO. The van der Waals surface area contributed by atoms with E-state index in [1.165, 1.54) is 24.6 Å². The maximum atomic E-state index is 6.03. The number of hydrogen-bond donors (Lipinski definition) is 1. The Balaban J connectivity index is 0.00000137. The predicted molar refractivity (Wildman–Crippen MR) is 80.3 cm³/mol. The monoisotopic (exact) mass is 251 g/mol. The van der Waals surface area contributed by atoms with Crippen LogP contribution in [0.3, 0.4) is 0 Å². The van der Waals surface area contributed by atoms with E-state index in [1.54, 1.807) is 0 Å². The van der Waals surface area contributed by atoms with Crippen LogP contribution in [-0.4, -0.2) is 13.2 Å². The molecule has 0 aliphatic carbocycles.